The van der Waals surface area contributed by atoms with Gasteiger partial charge in [0.2, 0.25) is 0 Å². The standard InChI is InChI=1S/C21H22N2O4/c1-21(2,3)19(26)16-11-15-14(7-8-22-20(15)23-16)12-5-6-17(27-4)13(9-12)10-18(24)25/h5-9,11H,10H2,1-4H3,(H,22,23)(H,24,25). The van der Waals surface area contributed by atoms with Crippen LogP contribution >= 0.6 is 0 Å². The van der Waals surface area contributed by atoms with Gasteiger partial charge in [-0.15, -0.1) is 0 Å². The van der Waals surface area contributed by atoms with Crippen LogP contribution in [0.25, 0.3) is 22.2 Å². The first-order chi connectivity index (χ1) is 12.7. The van der Waals surface area contributed by atoms with Gasteiger partial charge in [0, 0.05) is 22.6 Å². The molecule has 0 fully saturated rings. The quantitative estimate of drug-likeness (QED) is 0.663. The zero-order valence-corrected chi connectivity index (χ0v) is 15.8. The number of carboxylic acid groups (broad SMARTS) is 1. The Labute approximate surface area is 157 Å². The maximum absolute atomic E-state index is 12.6. The number of benzene rings is 1. The molecule has 6 heteroatoms. The largest absolute Gasteiger partial charge is 0.496 e. The van der Waals surface area contributed by atoms with E-state index in [0.29, 0.717) is 22.7 Å². The Morgan fingerprint density at radius 1 is 1.19 bits per heavy atom. The number of rotatable bonds is 5. The lowest BCUT2D eigenvalue weighted by atomic mass is 9.89. The summed E-state index contributed by atoms with van der Waals surface area (Å²) < 4.78 is 5.27. The van der Waals surface area contributed by atoms with Gasteiger partial charge in [0.25, 0.3) is 0 Å². The van der Waals surface area contributed by atoms with E-state index in [1.807, 2.05) is 39.0 Å². The van der Waals surface area contributed by atoms with Crippen LogP contribution in [0.3, 0.4) is 0 Å². The number of methoxy groups -OCH3 is 1. The van der Waals surface area contributed by atoms with Crippen molar-refractivity contribution in [2.75, 3.05) is 7.11 Å². The predicted molar refractivity (Wildman–Crippen MR) is 103 cm³/mol. The highest BCUT2D eigenvalue weighted by atomic mass is 16.5. The summed E-state index contributed by atoms with van der Waals surface area (Å²) in [6, 6.07) is 9.10. The van der Waals surface area contributed by atoms with Gasteiger partial charge in [-0.25, -0.2) is 4.98 Å². The second kappa shape index (κ2) is 6.87. The van der Waals surface area contributed by atoms with Crippen LogP contribution in [0.5, 0.6) is 5.75 Å². The molecule has 6 nitrogen and oxygen atoms in total. The molecule has 27 heavy (non-hydrogen) atoms. The van der Waals surface area contributed by atoms with Gasteiger partial charge in [-0.1, -0.05) is 26.8 Å². The zero-order chi connectivity index (χ0) is 19.8. The van der Waals surface area contributed by atoms with Gasteiger partial charge in [0.1, 0.15) is 11.4 Å². The molecular formula is C21H22N2O4. The van der Waals surface area contributed by atoms with Crippen molar-refractivity contribution in [2.24, 2.45) is 5.41 Å². The smallest absolute Gasteiger partial charge is 0.307 e. The molecule has 1 aromatic carbocycles. The number of fused-ring (bicyclic) bond motifs is 1. The van der Waals surface area contributed by atoms with Crippen molar-refractivity contribution in [3.05, 3.63) is 47.8 Å². The van der Waals surface area contributed by atoms with Crippen molar-refractivity contribution in [2.45, 2.75) is 27.2 Å². The summed E-state index contributed by atoms with van der Waals surface area (Å²) in [5, 5.41) is 9.97. The first kappa shape index (κ1) is 18.6. The minimum Gasteiger partial charge on any atom is -0.496 e. The second-order valence-corrected chi connectivity index (χ2v) is 7.48. The van der Waals surface area contributed by atoms with Crippen molar-refractivity contribution in [1.82, 2.24) is 9.97 Å². The summed E-state index contributed by atoms with van der Waals surface area (Å²) in [5.41, 5.74) is 2.93. The van der Waals surface area contributed by atoms with E-state index in [4.69, 9.17) is 9.84 Å². The zero-order valence-electron chi connectivity index (χ0n) is 15.8. The molecule has 3 aromatic rings. The molecule has 0 aliphatic heterocycles. The van der Waals surface area contributed by atoms with Crippen LogP contribution < -0.4 is 4.74 Å². The lowest BCUT2D eigenvalue weighted by Gasteiger charge is -2.14. The molecule has 0 unspecified atom stereocenters. The van der Waals surface area contributed by atoms with Crippen LogP contribution in [-0.4, -0.2) is 33.9 Å². The van der Waals surface area contributed by atoms with E-state index in [9.17, 15) is 9.59 Å². The molecule has 2 heterocycles. The van der Waals surface area contributed by atoms with Gasteiger partial charge in [0.15, 0.2) is 5.78 Å². The van der Waals surface area contributed by atoms with Crippen LogP contribution in [0.1, 0.15) is 36.8 Å². The third-order valence-electron chi connectivity index (χ3n) is 4.39. The highest BCUT2D eigenvalue weighted by molar-refractivity contribution is 6.04. The number of hydrogen-bond acceptors (Lipinski definition) is 4. The lowest BCUT2D eigenvalue weighted by Crippen LogP contribution is -2.20. The lowest BCUT2D eigenvalue weighted by molar-refractivity contribution is -0.136. The summed E-state index contributed by atoms with van der Waals surface area (Å²) in [4.78, 5) is 31.2. The Hall–Kier alpha value is -3.15. The molecule has 0 aliphatic rings. The second-order valence-electron chi connectivity index (χ2n) is 7.48. The predicted octanol–water partition coefficient (Wildman–Crippen LogP) is 4.09. The number of Topliss-reactive ketones (excluding diaryl/α,β-unsaturated/α-hetero) is 1. The highest BCUT2D eigenvalue weighted by Crippen LogP contribution is 2.33. The van der Waals surface area contributed by atoms with Crippen LogP contribution in [0.2, 0.25) is 0 Å². The number of aliphatic carboxylic acids is 1. The van der Waals surface area contributed by atoms with Crippen molar-refractivity contribution >= 4 is 22.8 Å². The number of carbonyl (C=O) groups excluding carboxylic acids is 1. The number of nitrogens with one attached hydrogen (secondary N) is 1. The van der Waals surface area contributed by atoms with Gasteiger partial charge < -0.3 is 14.8 Å². The number of aromatic amines is 1. The molecule has 0 saturated heterocycles. The number of aromatic nitrogens is 2. The number of carboxylic acids is 1. The van der Waals surface area contributed by atoms with Crippen LogP contribution in [-0.2, 0) is 11.2 Å². The number of ketones is 1. The Bertz CT molecular complexity index is 1030. The molecule has 0 saturated carbocycles. The fourth-order valence-corrected chi connectivity index (χ4v) is 3.05. The number of hydrogen-bond donors (Lipinski definition) is 2. The van der Waals surface area contributed by atoms with Gasteiger partial charge >= 0.3 is 5.97 Å². The Kier molecular flexibility index (Phi) is 4.74. The number of H-pyrrole nitrogens is 1. The number of nitrogens with zero attached hydrogens (tertiary/aromatic N) is 1. The Balaban J connectivity index is 2.13. The molecule has 0 aliphatic carbocycles. The first-order valence-corrected chi connectivity index (χ1v) is 8.62. The molecule has 0 atom stereocenters. The van der Waals surface area contributed by atoms with E-state index in [1.165, 1.54) is 7.11 Å². The van der Waals surface area contributed by atoms with E-state index in [2.05, 4.69) is 9.97 Å². The van der Waals surface area contributed by atoms with E-state index in [1.54, 1.807) is 18.3 Å². The van der Waals surface area contributed by atoms with Gasteiger partial charge in [0.05, 0.1) is 19.2 Å². The molecule has 3 rings (SSSR count). The molecule has 0 amide bonds. The molecule has 0 spiro atoms. The van der Waals surface area contributed by atoms with Crippen molar-refractivity contribution in [3.63, 3.8) is 0 Å². The van der Waals surface area contributed by atoms with E-state index in [-0.39, 0.29) is 12.2 Å². The Morgan fingerprint density at radius 2 is 1.93 bits per heavy atom. The number of pyridine rings is 1. The molecular weight excluding hydrogens is 344 g/mol. The van der Waals surface area contributed by atoms with E-state index >= 15 is 0 Å². The third kappa shape index (κ3) is 3.69. The molecule has 2 N–H and O–H groups in total. The molecule has 2 aromatic heterocycles. The summed E-state index contributed by atoms with van der Waals surface area (Å²) >= 11 is 0. The van der Waals surface area contributed by atoms with Gasteiger partial charge in [-0.2, -0.15) is 0 Å². The summed E-state index contributed by atoms with van der Waals surface area (Å²) in [7, 11) is 1.52. The van der Waals surface area contributed by atoms with E-state index < -0.39 is 11.4 Å². The minimum absolute atomic E-state index is 0.00717. The highest BCUT2D eigenvalue weighted by Gasteiger charge is 2.25. The number of ether oxygens (including phenoxy) is 1. The average Bonchev–Trinajstić information content (AvgIpc) is 3.03. The molecule has 140 valence electrons. The average molecular weight is 366 g/mol. The maximum atomic E-state index is 12.6. The first-order valence-electron chi connectivity index (χ1n) is 8.62. The summed E-state index contributed by atoms with van der Waals surface area (Å²) in [6.45, 7) is 5.62. The topological polar surface area (TPSA) is 92.3 Å². The van der Waals surface area contributed by atoms with E-state index in [0.717, 1.165) is 16.5 Å². The monoisotopic (exact) mass is 366 g/mol. The normalized spacial score (nSPS) is 11.6. The Morgan fingerprint density at radius 3 is 2.56 bits per heavy atom. The van der Waals surface area contributed by atoms with Crippen LogP contribution in [0, 0.1) is 5.41 Å². The SMILES string of the molecule is COc1ccc(-c2ccnc3[nH]c(C(=O)C(C)(C)C)cc23)cc1CC(=O)O. The molecule has 0 bridgehead atoms. The third-order valence-corrected chi connectivity index (χ3v) is 4.39. The maximum Gasteiger partial charge on any atom is 0.307 e. The fourth-order valence-electron chi connectivity index (χ4n) is 3.05. The fraction of sp³-hybridized carbons (Fsp3) is 0.286. The van der Waals surface area contributed by atoms with Crippen LogP contribution in [0.4, 0.5) is 0 Å². The van der Waals surface area contributed by atoms with Crippen molar-refractivity contribution in [3.8, 4) is 16.9 Å². The summed E-state index contributed by atoms with van der Waals surface area (Å²) in [6.07, 6.45) is 1.53. The van der Waals surface area contributed by atoms with Crippen molar-refractivity contribution < 1.29 is 19.4 Å². The van der Waals surface area contributed by atoms with Crippen molar-refractivity contribution in [1.29, 1.82) is 0 Å². The summed E-state index contributed by atoms with van der Waals surface area (Å²) in [5.74, 6) is -0.387. The number of carbonyl (C=O) groups is 2. The minimum atomic E-state index is -0.926. The van der Waals surface area contributed by atoms with Gasteiger partial charge in [-0.3, -0.25) is 9.59 Å². The van der Waals surface area contributed by atoms with Gasteiger partial charge in [-0.05, 0) is 35.4 Å². The molecule has 0 radical (unpaired) electrons. The van der Waals surface area contributed by atoms with Crippen LogP contribution in [0.15, 0.2) is 36.5 Å².